The van der Waals surface area contributed by atoms with Gasteiger partial charge in [-0.05, 0) is 63.4 Å². The van der Waals surface area contributed by atoms with Crippen LogP contribution in [0.1, 0.15) is 38.7 Å². The van der Waals surface area contributed by atoms with E-state index >= 15 is 0 Å². The van der Waals surface area contributed by atoms with Gasteiger partial charge >= 0.3 is 0 Å². The zero-order valence-corrected chi connectivity index (χ0v) is 12.7. The normalized spacial score (nSPS) is 23.9. The largest absolute Gasteiger partial charge is 0.314 e. The van der Waals surface area contributed by atoms with E-state index < -0.39 is 0 Å². The number of nitrogens with zero attached hydrogens (tertiary/aromatic N) is 1. The molecule has 1 N–H and O–H groups in total. The van der Waals surface area contributed by atoms with Crippen molar-refractivity contribution in [3.63, 3.8) is 0 Å². The van der Waals surface area contributed by atoms with Crippen LogP contribution in [0.2, 0.25) is 0 Å². The second-order valence-corrected chi connectivity index (χ2v) is 5.94. The minimum atomic E-state index is -0.127. The second-order valence-electron chi connectivity index (χ2n) is 5.94. The zero-order valence-electron chi connectivity index (χ0n) is 12.7. The van der Waals surface area contributed by atoms with Crippen LogP contribution in [0.4, 0.5) is 4.39 Å². The lowest BCUT2D eigenvalue weighted by molar-refractivity contribution is 0.138. The first-order valence-electron chi connectivity index (χ1n) is 7.91. The lowest BCUT2D eigenvalue weighted by atomic mass is 9.97. The molecule has 2 rings (SSSR count). The molecule has 20 heavy (non-hydrogen) atoms. The highest BCUT2D eigenvalue weighted by atomic mass is 19.1. The minimum Gasteiger partial charge on any atom is -0.314 e. The molecule has 1 aromatic rings. The highest BCUT2D eigenvalue weighted by Crippen LogP contribution is 2.18. The molecule has 2 nitrogen and oxygen atoms in total. The summed E-state index contributed by atoms with van der Waals surface area (Å²) >= 11 is 0. The molecule has 0 aromatic heterocycles. The predicted molar refractivity (Wildman–Crippen MR) is 82.5 cm³/mol. The van der Waals surface area contributed by atoms with Gasteiger partial charge < -0.3 is 10.2 Å². The first kappa shape index (κ1) is 15.5. The van der Waals surface area contributed by atoms with Gasteiger partial charge in [-0.15, -0.1) is 0 Å². The van der Waals surface area contributed by atoms with Crippen LogP contribution < -0.4 is 5.32 Å². The number of hydrogen-bond donors (Lipinski definition) is 1. The van der Waals surface area contributed by atoms with Crippen molar-refractivity contribution in [2.24, 2.45) is 0 Å². The predicted octanol–water partition coefficient (Wildman–Crippen LogP) is 3.22. The first-order chi connectivity index (χ1) is 9.69. The van der Waals surface area contributed by atoms with Crippen molar-refractivity contribution < 1.29 is 4.39 Å². The molecule has 1 saturated heterocycles. The number of benzene rings is 1. The SMILES string of the molecule is CCCNC1CCN(CCc2cccc(F)c2)C(C)C1. The summed E-state index contributed by atoms with van der Waals surface area (Å²) in [6, 6.07) is 8.28. The average molecular weight is 278 g/mol. The standard InChI is InChI=1S/C17H27FN2/c1-3-9-19-17-8-11-20(14(2)12-17)10-7-15-5-4-6-16(18)13-15/h4-6,13-14,17,19H,3,7-12H2,1-2H3. The molecular formula is C17H27FN2. The molecule has 112 valence electrons. The molecule has 1 heterocycles. The third kappa shape index (κ3) is 4.57. The van der Waals surface area contributed by atoms with Crippen molar-refractivity contribution in [2.45, 2.75) is 51.6 Å². The molecule has 0 aliphatic carbocycles. The molecule has 0 spiro atoms. The van der Waals surface area contributed by atoms with Gasteiger partial charge in [0, 0.05) is 18.6 Å². The van der Waals surface area contributed by atoms with Gasteiger partial charge in [0.05, 0.1) is 0 Å². The summed E-state index contributed by atoms with van der Waals surface area (Å²) in [6.07, 6.45) is 4.60. The fraction of sp³-hybridized carbons (Fsp3) is 0.647. The second kappa shape index (κ2) is 7.75. The van der Waals surface area contributed by atoms with E-state index in [1.807, 2.05) is 6.07 Å². The number of likely N-dealkylation sites (tertiary alicyclic amines) is 1. The molecule has 1 aromatic carbocycles. The van der Waals surface area contributed by atoms with Crippen molar-refractivity contribution in [2.75, 3.05) is 19.6 Å². The van der Waals surface area contributed by atoms with Crippen LogP contribution in [0.25, 0.3) is 0 Å². The third-order valence-corrected chi connectivity index (χ3v) is 4.27. The van der Waals surface area contributed by atoms with Crippen LogP contribution in [0.15, 0.2) is 24.3 Å². The van der Waals surface area contributed by atoms with E-state index in [9.17, 15) is 4.39 Å². The number of piperidine rings is 1. The Balaban J connectivity index is 1.77. The maximum atomic E-state index is 13.2. The summed E-state index contributed by atoms with van der Waals surface area (Å²) in [5.41, 5.74) is 1.10. The van der Waals surface area contributed by atoms with E-state index in [1.54, 1.807) is 12.1 Å². The van der Waals surface area contributed by atoms with Crippen LogP contribution in [0, 0.1) is 5.82 Å². The van der Waals surface area contributed by atoms with Gasteiger partial charge in [0.1, 0.15) is 5.82 Å². The maximum absolute atomic E-state index is 13.2. The molecule has 0 saturated carbocycles. The van der Waals surface area contributed by atoms with Crippen molar-refractivity contribution in [3.8, 4) is 0 Å². The van der Waals surface area contributed by atoms with E-state index in [0.717, 1.165) is 31.6 Å². The van der Waals surface area contributed by atoms with Crippen LogP contribution in [-0.2, 0) is 6.42 Å². The Morgan fingerprint density at radius 3 is 2.95 bits per heavy atom. The molecule has 2 unspecified atom stereocenters. The van der Waals surface area contributed by atoms with E-state index in [1.165, 1.54) is 25.3 Å². The number of rotatable bonds is 6. The van der Waals surface area contributed by atoms with Gasteiger partial charge in [0.15, 0.2) is 0 Å². The van der Waals surface area contributed by atoms with E-state index in [4.69, 9.17) is 0 Å². The van der Waals surface area contributed by atoms with Gasteiger partial charge in [0.2, 0.25) is 0 Å². The summed E-state index contributed by atoms with van der Waals surface area (Å²) in [5, 5.41) is 3.63. The maximum Gasteiger partial charge on any atom is 0.123 e. The molecule has 1 fully saturated rings. The van der Waals surface area contributed by atoms with Crippen molar-refractivity contribution >= 4 is 0 Å². The lowest BCUT2D eigenvalue weighted by Crippen LogP contribution is -2.48. The van der Waals surface area contributed by atoms with Crippen LogP contribution in [0.5, 0.6) is 0 Å². The molecule has 0 bridgehead atoms. The average Bonchev–Trinajstić information content (AvgIpc) is 2.44. The summed E-state index contributed by atoms with van der Waals surface area (Å²) < 4.78 is 13.2. The fourth-order valence-corrected chi connectivity index (χ4v) is 3.05. The lowest BCUT2D eigenvalue weighted by Gasteiger charge is -2.38. The highest BCUT2D eigenvalue weighted by Gasteiger charge is 2.24. The van der Waals surface area contributed by atoms with E-state index in [0.29, 0.717) is 12.1 Å². The van der Waals surface area contributed by atoms with Crippen molar-refractivity contribution in [1.82, 2.24) is 10.2 Å². The van der Waals surface area contributed by atoms with Crippen molar-refractivity contribution in [1.29, 1.82) is 0 Å². The van der Waals surface area contributed by atoms with Gasteiger partial charge in [-0.2, -0.15) is 0 Å². The Bertz CT molecular complexity index is 408. The minimum absolute atomic E-state index is 0.127. The van der Waals surface area contributed by atoms with E-state index in [-0.39, 0.29) is 5.82 Å². The Morgan fingerprint density at radius 2 is 2.25 bits per heavy atom. The quantitative estimate of drug-likeness (QED) is 0.859. The fourth-order valence-electron chi connectivity index (χ4n) is 3.05. The smallest absolute Gasteiger partial charge is 0.123 e. The molecule has 0 radical (unpaired) electrons. The number of hydrogen-bond acceptors (Lipinski definition) is 2. The Morgan fingerprint density at radius 1 is 1.40 bits per heavy atom. The molecule has 1 aliphatic rings. The summed E-state index contributed by atoms with van der Waals surface area (Å²) in [7, 11) is 0. The number of halogens is 1. The van der Waals surface area contributed by atoms with Gasteiger partial charge in [0.25, 0.3) is 0 Å². The Hall–Kier alpha value is -0.930. The molecular weight excluding hydrogens is 251 g/mol. The van der Waals surface area contributed by atoms with Gasteiger partial charge in [-0.1, -0.05) is 19.1 Å². The van der Waals surface area contributed by atoms with Crippen LogP contribution >= 0.6 is 0 Å². The van der Waals surface area contributed by atoms with Gasteiger partial charge in [-0.3, -0.25) is 0 Å². The Kier molecular flexibility index (Phi) is 5.99. The van der Waals surface area contributed by atoms with Gasteiger partial charge in [-0.25, -0.2) is 4.39 Å². The summed E-state index contributed by atoms with van der Waals surface area (Å²) in [4.78, 5) is 2.54. The van der Waals surface area contributed by atoms with Crippen LogP contribution in [0.3, 0.4) is 0 Å². The Labute approximate surface area is 122 Å². The summed E-state index contributed by atoms with van der Waals surface area (Å²) in [6.45, 7) is 7.83. The zero-order chi connectivity index (χ0) is 14.4. The summed E-state index contributed by atoms with van der Waals surface area (Å²) in [5.74, 6) is -0.127. The molecule has 3 heteroatoms. The molecule has 0 amide bonds. The monoisotopic (exact) mass is 278 g/mol. The van der Waals surface area contributed by atoms with Crippen molar-refractivity contribution in [3.05, 3.63) is 35.6 Å². The first-order valence-corrected chi connectivity index (χ1v) is 7.91. The third-order valence-electron chi connectivity index (χ3n) is 4.27. The number of nitrogens with one attached hydrogen (secondary N) is 1. The van der Waals surface area contributed by atoms with Crippen LogP contribution in [-0.4, -0.2) is 36.6 Å². The molecule has 2 atom stereocenters. The molecule has 1 aliphatic heterocycles. The topological polar surface area (TPSA) is 15.3 Å². The van der Waals surface area contributed by atoms with E-state index in [2.05, 4.69) is 24.1 Å². The highest BCUT2D eigenvalue weighted by molar-refractivity contribution is 5.16.